The Balaban J connectivity index is 2.08. The average molecular weight is 238 g/mol. The third-order valence-electron chi connectivity index (χ3n) is 2.27. The largest absolute Gasteiger partial charge is 0.481 e. The van der Waals surface area contributed by atoms with Crippen LogP contribution in [0.4, 0.5) is 0 Å². The molecule has 6 heteroatoms. The van der Waals surface area contributed by atoms with Gasteiger partial charge in [-0.15, -0.1) is 0 Å². The van der Waals surface area contributed by atoms with Gasteiger partial charge in [0.15, 0.2) is 0 Å². The number of nitrogens with one attached hydrogen (secondary N) is 1. The Hall–Kier alpha value is -1.53. The molecule has 0 radical (unpaired) electrons. The van der Waals surface area contributed by atoms with E-state index in [1.165, 1.54) is 0 Å². The van der Waals surface area contributed by atoms with Gasteiger partial charge in [0.2, 0.25) is 0 Å². The molecule has 0 aliphatic heterocycles. The molecule has 6 nitrogen and oxygen atoms in total. The summed E-state index contributed by atoms with van der Waals surface area (Å²) < 4.78 is 0. The number of hydrogen-bond donors (Lipinski definition) is 3. The Morgan fingerprint density at radius 1 is 1.47 bits per heavy atom. The fourth-order valence-electron chi connectivity index (χ4n) is 1.41. The predicted octanol–water partition coefficient (Wildman–Crippen LogP) is 0.148. The standard InChI is InChI=1S/C11H18N4O2/c12-9(3-1-4-11(16)17)7-13-8-10-14-5-2-6-15-10/h2,5-6,9,13H,1,3-4,7-8,12H2,(H,16,17). The summed E-state index contributed by atoms with van der Waals surface area (Å²) in [6.45, 7) is 1.21. The van der Waals surface area contributed by atoms with Gasteiger partial charge in [-0.2, -0.15) is 0 Å². The molecular weight excluding hydrogens is 220 g/mol. The summed E-state index contributed by atoms with van der Waals surface area (Å²) in [5, 5.41) is 11.6. The number of carboxylic acid groups (broad SMARTS) is 1. The zero-order valence-electron chi connectivity index (χ0n) is 9.67. The van der Waals surface area contributed by atoms with E-state index in [0.717, 1.165) is 5.82 Å². The molecule has 0 saturated heterocycles. The molecule has 1 rings (SSSR count). The Kier molecular flexibility index (Phi) is 6.13. The molecule has 4 N–H and O–H groups in total. The minimum Gasteiger partial charge on any atom is -0.481 e. The van der Waals surface area contributed by atoms with E-state index in [4.69, 9.17) is 10.8 Å². The first kappa shape index (κ1) is 13.5. The van der Waals surface area contributed by atoms with Crippen molar-refractivity contribution in [3.05, 3.63) is 24.3 Å². The van der Waals surface area contributed by atoms with Crippen LogP contribution in [0.5, 0.6) is 0 Å². The van der Waals surface area contributed by atoms with Crippen molar-refractivity contribution in [2.24, 2.45) is 5.73 Å². The zero-order valence-corrected chi connectivity index (χ0v) is 9.67. The molecule has 0 aliphatic rings. The van der Waals surface area contributed by atoms with Crippen molar-refractivity contribution in [3.8, 4) is 0 Å². The Morgan fingerprint density at radius 2 is 2.18 bits per heavy atom. The second-order valence-corrected chi connectivity index (χ2v) is 3.84. The van der Waals surface area contributed by atoms with Crippen LogP contribution in [0.2, 0.25) is 0 Å². The third kappa shape index (κ3) is 6.60. The average Bonchev–Trinajstić information content (AvgIpc) is 2.30. The summed E-state index contributed by atoms with van der Waals surface area (Å²) in [6.07, 6.45) is 4.87. The highest BCUT2D eigenvalue weighted by Crippen LogP contribution is 1.98. The van der Waals surface area contributed by atoms with E-state index >= 15 is 0 Å². The van der Waals surface area contributed by atoms with Crippen molar-refractivity contribution in [2.75, 3.05) is 6.54 Å². The molecule has 1 heterocycles. The van der Waals surface area contributed by atoms with Gasteiger partial charge in [0.25, 0.3) is 0 Å². The first-order valence-corrected chi connectivity index (χ1v) is 5.62. The molecule has 1 atom stereocenters. The zero-order chi connectivity index (χ0) is 12.5. The van der Waals surface area contributed by atoms with Crippen LogP contribution in [0.25, 0.3) is 0 Å². The molecule has 94 valence electrons. The van der Waals surface area contributed by atoms with Crippen molar-refractivity contribution >= 4 is 5.97 Å². The van der Waals surface area contributed by atoms with Crippen molar-refractivity contribution < 1.29 is 9.90 Å². The topological polar surface area (TPSA) is 101 Å². The van der Waals surface area contributed by atoms with Crippen molar-refractivity contribution in [2.45, 2.75) is 31.8 Å². The number of carboxylic acids is 1. The maximum atomic E-state index is 10.3. The molecule has 0 saturated carbocycles. The van der Waals surface area contributed by atoms with Gasteiger partial charge in [0.05, 0.1) is 6.54 Å². The Labute approximate surface area is 100 Å². The second kappa shape index (κ2) is 7.70. The van der Waals surface area contributed by atoms with Crippen LogP contribution >= 0.6 is 0 Å². The van der Waals surface area contributed by atoms with E-state index in [2.05, 4.69) is 15.3 Å². The van der Waals surface area contributed by atoms with Gasteiger partial charge < -0.3 is 16.2 Å². The van der Waals surface area contributed by atoms with Crippen LogP contribution < -0.4 is 11.1 Å². The highest BCUT2D eigenvalue weighted by molar-refractivity contribution is 5.66. The number of nitrogens with two attached hydrogens (primary N) is 1. The number of aromatic nitrogens is 2. The normalized spacial score (nSPS) is 12.3. The lowest BCUT2D eigenvalue weighted by Crippen LogP contribution is -2.33. The molecule has 0 aliphatic carbocycles. The number of aliphatic carboxylic acids is 1. The molecule has 1 unspecified atom stereocenters. The van der Waals surface area contributed by atoms with Crippen LogP contribution in [-0.2, 0) is 11.3 Å². The minimum atomic E-state index is -0.775. The first-order chi connectivity index (χ1) is 8.18. The van der Waals surface area contributed by atoms with Gasteiger partial charge in [-0.05, 0) is 18.9 Å². The maximum Gasteiger partial charge on any atom is 0.303 e. The predicted molar refractivity (Wildman–Crippen MR) is 63.2 cm³/mol. The number of hydrogen-bond acceptors (Lipinski definition) is 5. The van der Waals surface area contributed by atoms with E-state index in [1.807, 2.05) is 0 Å². The SMILES string of the molecule is NC(CCCC(=O)O)CNCc1ncccn1. The molecule has 1 aromatic heterocycles. The smallest absolute Gasteiger partial charge is 0.303 e. The van der Waals surface area contributed by atoms with E-state index in [0.29, 0.717) is 25.9 Å². The second-order valence-electron chi connectivity index (χ2n) is 3.84. The van der Waals surface area contributed by atoms with Crippen LogP contribution in [-0.4, -0.2) is 33.6 Å². The highest BCUT2D eigenvalue weighted by Gasteiger charge is 2.04. The molecule has 0 fully saturated rings. The van der Waals surface area contributed by atoms with Gasteiger partial charge in [-0.25, -0.2) is 9.97 Å². The van der Waals surface area contributed by atoms with Crippen LogP contribution in [0.15, 0.2) is 18.5 Å². The summed E-state index contributed by atoms with van der Waals surface area (Å²) >= 11 is 0. The molecule has 17 heavy (non-hydrogen) atoms. The molecule has 0 aromatic carbocycles. The van der Waals surface area contributed by atoms with Gasteiger partial charge in [-0.3, -0.25) is 4.79 Å². The van der Waals surface area contributed by atoms with Gasteiger partial charge in [0, 0.05) is 31.4 Å². The van der Waals surface area contributed by atoms with Gasteiger partial charge in [0.1, 0.15) is 5.82 Å². The lowest BCUT2D eigenvalue weighted by atomic mass is 10.1. The molecule has 1 aromatic rings. The number of carbonyl (C=O) groups is 1. The summed E-state index contributed by atoms with van der Waals surface area (Å²) in [5.41, 5.74) is 5.83. The van der Waals surface area contributed by atoms with E-state index < -0.39 is 5.97 Å². The fraction of sp³-hybridized carbons (Fsp3) is 0.545. The fourth-order valence-corrected chi connectivity index (χ4v) is 1.41. The maximum absolute atomic E-state index is 10.3. The Morgan fingerprint density at radius 3 is 2.82 bits per heavy atom. The van der Waals surface area contributed by atoms with Gasteiger partial charge in [-0.1, -0.05) is 0 Å². The van der Waals surface area contributed by atoms with Crippen molar-refractivity contribution in [1.82, 2.24) is 15.3 Å². The first-order valence-electron chi connectivity index (χ1n) is 5.62. The third-order valence-corrected chi connectivity index (χ3v) is 2.27. The van der Waals surface area contributed by atoms with Crippen LogP contribution in [0, 0.1) is 0 Å². The number of nitrogens with zero attached hydrogens (tertiary/aromatic N) is 2. The van der Waals surface area contributed by atoms with E-state index in [9.17, 15) is 4.79 Å². The van der Waals surface area contributed by atoms with Crippen molar-refractivity contribution in [3.63, 3.8) is 0 Å². The molecule has 0 amide bonds. The lowest BCUT2D eigenvalue weighted by molar-refractivity contribution is -0.137. The minimum absolute atomic E-state index is 0.0296. The molecular formula is C11H18N4O2. The molecule has 0 spiro atoms. The monoisotopic (exact) mass is 238 g/mol. The summed E-state index contributed by atoms with van der Waals surface area (Å²) in [7, 11) is 0. The Bertz CT molecular complexity index is 332. The van der Waals surface area contributed by atoms with E-state index in [-0.39, 0.29) is 12.5 Å². The summed E-state index contributed by atoms with van der Waals surface area (Å²) in [6, 6.07) is 1.74. The summed E-state index contributed by atoms with van der Waals surface area (Å²) in [4.78, 5) is 18.4. The lowest BCUT2D eigenvalue weighted by Gasteiger charge is -2.11. The van der Waals surface area contributed by atoms with Crippen LogP contribution in [0.3, 0.4) is 0 Å². The molecule has 0 bridgehead atoms. The highest BCUT2D eigenvalue weighted by atomic mass is 16.4. The quantitative estimate of drug-likeness (QED) is 0.596. The van der Waals surface area contributed by atoms with Crippen LogP contribution in [0.1, 0.15) is 25.1 Å². The summed E-state index contributed by atoms with van der Waals surface area (Å²) in [5.74, 6) is -0.0481. The van der Waals surface area contributed by atoms with E-state index in [1.54, 1.807) is 18.5 Å². The van der Waals surface area contributed by atoms with Gasteiger partial charge >= 0.3 is 5.97 Å². The van der Waals surface area contributed by atoms with Crippen molar-refractivity contribution in [1.29, 1.82) is 0 Å². The number of rotatable bonds is 8.